The third-order valence-corrected chi connectivity index (χ3v) is 4.08. The number of aromatic nitrogens is 1. The molecule has 0 radical (unpaired) electrons. The first-order chi connectivity index (χ1) is 13.0. The lowest BCUT2D eigenvalue weighted by Gasteiger charge is -2.17. The average molecular weight is 368 g/mol. The van der Waals surface area contributed by atoms with Crippen molar-refractivity contribution in [3.8, 4) is 11.5 Å². The number of carbonyl (C=O) groups excluding carboxylic acids is 1. The van der Waals surface area contributed by atoms with E-state index in [-0.39, 0.29) is 18.6 Å². The van der Waals surface area contributed by atoms with Gasteiger partial charge >= 0.3 is 0 Å². The molecule has 0 bridgehead atoms. The maximum Gasteiger partial charge on any atom is 0.258 e. The predicted molar refractivity (Wildman–Crippen MR) is 103 cm³/mol. The van der Waals surface area contributed by atoms with Gasteiger partial charge in [0.25, 0.3) is 5.91 Å². The van der Waals surface area contributed by atoms with Crippen LogP contribution in [0.1, 0.15) is 32.2 Å². The molecule has 0 aliphatic rings. The number of benzene rings is 2. The number of nitrogens with one attached hydrogen (secondary N) is 1. The van der Waals surface area contributed by atoms with Gasteiger partial charge in [-0.25, -0.2) is 4.98 Å². The molecule has 1 aromatic heterocycles. The number of fused-ring (bicyclic) bond motifs is 1. The Morgan fingerprint density at radius 1 is 1.11 bits per heavy atom. The second kappa shape index (κ2) is 8.58. The number of hydrogen-bond donors (Lipinski definition) is 1. The number of methoxy groups -OCH3 is 1. The quantitative estimate of drug-likeness (QED) is 0.647. The zero-order valence-electron chi connectivity index (χ0n) is 15.8. The van der Waals surface area contributed by atoms with E-state index in [2.05, 4.69) is 24.1 Å². The van der Waals surface area contributed by atoms with E-state index in [1.807, 2.05) is 24.3 Å². The lowest BCUT2D eigenvalue weighted by molar-refractivity contribution is -0.124. The molecular formula is C21H24N2O4. The fourth-order valence-corrected chi connectivity index (χ4v) is 2.79. The summed E-state index contributed by atoms with van der Waals surface area (Å²) in [5, 5.41) is 2.97. The van der Waals surface area contributed by atoms with Crippen molar-refractivity contribution in [3.63, 3.8) is 0 Å². The molecular weight excluding hydrogens is 344 g/mol. The van der Waals surface area contributed by atoms with E-state index < -0.39 is 0 Å². The largest absolute Gasteiger partial charge is 0.497 e. The highest BCUT2D eigenvalue weighted by Gasteiger charge is 2.22. The number of oxazole rings is 1. The van der Waals surface area contributed by atoms with Crippen LogP contribution >= 0.6 is 0 Å². The normalized spacial score (nSPS) is 12.1. The molecule has 27 heavy (non-hydrogen) atoms. The number of rotatable bonds is 8. The minimum Gasteiger partial charge on any atom is -0.497 e. The molecule has 6 nitrogen and oxygen atoms in total. The highest BCUT2D eigenvalue weighted by molar-refractivity contribution is 5.78. The number of para-hydroxylation sites is 2. The summed E-state index contributed by atoms with van der Waals surface area (Å²) in [6.07, 6.45) is 0.723. The zero-order chi connectivity index (χ0) is 19.2. The third kappa shape index (κ3) is 5.00. The minimum absolute atomic E-state index is 0.0822. The van der Waals surface area contributed by atoms with Crippen LogP contribution in [0.5, 0.6) is 11.5 Å². The molecule has 1 heterocycles. The molecule has 3 rings (SSSR count). The summed E-state index contributed by atoms with van der Waals surface area (Å²) < 4.78 is 16.5. The third-order valence-electron chi connectivity index (χ3n) is 4.08. The van der Waals surface area contributed by atoms with E-state index >= 15 is 0 Å². The van der Waals surface area contributed by atoms with Gasteiger partial charge < -0.3 is 19.2 Å². The summed E-state index contributed by atoms with van der Waals surface area (Å²) in [5.41, 5.74) is 1.50. The summed E-state index contributed by atoms with van der Waals surface area (Å²) in [6.45, 7) is 4.10. The lowest BCUT2D eigenvalue weighted by atomic mass is 10.0. The van der Waals surface area contributed by atoms with E-state index in [1.54, 1.807) is 31.4 Å². The average Bonchev–Trinajstić information content (AvgIpc) is 3.10. The van der Waals surface area contributed by atoms with Crippen LogP contribution in [0.3, 0.4) is 0 Å². The number of hydrogen-bond acceptors (Lipinski definition) is 5. The van der Waals surface area contributed by atoms with Gasteiger partial charge in [0.05, 0.1) is 7.11 Å². The maximum atomic E-state index is 12.4. The van der Waals surface area contributed by atoms with Crippen LogP contribution in [0.25, 0.3) is 11.1 Å². The Kier molecular flexibility index (Phi) is 5.96. The van der Waals surface area contributed by atoms with Gasteiger partial charge in [0, 0.05) is 0 Å². The van der Waals surface area contributed by atoms with Crippen molar-refractivity contribution < 1.29 is 18.7 Å². The van der Waals surface area contributed by atoms with E-state index in [0.717, 1.165) is 17.7 Å². The van der Waals surface area contributed by atoms with Gasteiger partial charge in [0.2, 0.25) is 5.89 Å². The lowest BCUT2D eigenvalue weighted by Crippen LogP contribution is -2.33. The first-order valence-electron chi connectivity index (χ1n) is 8.97. The Balaban J connectivity index is 1.65. The van der Waals surface area contributed by atoms with Crippen molar-refractivity contribution in [2.24, 2.45) is 5.92 Å². The first-order valence-corrected chi connectivity index (χ1v) is 8.97. The van der Waals surface area contributed by atoms with Crippen molar-refractivity contribution >= 4 is 17.0 Å². The van der Waals surface area contributed by atoms with Gasteiger partial charge in [0.15, 0.2) is 12.2 Å². The second-order valence-corrected chi connectivity index (χ2v) is 6.73. The Morgan fingerprint density at radius 3 is 2.48 bits per heavy atom. The van der Waals surface area contributed by atoms with Crippen LogP contribution in [0.15, 0.2) is 52.9 Å². The van der Waals surface area contributed by atoms with Crippen LogP contribution in [-0.2, 0) is 4.79 Å². The Bertz CT molecular complexity index is 854. The molecule has 0 spiro atoms. The van der Waals surface area contributed by atoms with E-state index in [9.17, 15) is 4.79 Å². The predicted octanol–water partition coefficient (Wildman–Crippen LogP) is 4.12. The summed E-state index contributed by atoms with van der Waals surface area (Å²) in [7, 11) is 1.60. The van der Waals surface area contributed by atoms with Crippen LogP contribution in [0.2, 0.25) is 0 Å². The van der Waals surface area contributed by atoms with Crippen molar-refractivity contribution in [2.45, 2.75) is 26.3 Å². The van der Waals surface area contributed by atoms with Gasteiger partial charge in [-0.1, -0.05) is 26.0 Å². The molecule has 1 N–H and O–H groups in total. The molecule has 6 heteroatoms. The van der Waals surface area contributed by atoms with Crippen molar-refractivity contribution in [2.75, 3.05) is 13.7 Å². The fraction of sp³-hybridized carbons (Fsp3) is 0.333. The van der Waals surface area contributed by atoms with Gasteiger partial charge in [-0.2, -0.15) is 0 Å². The van der Waals surface area contributed by atoms with Crippen LogP contribution in [-0.4, -0.2) is 24.6 Å². The van der Waals surface area contributed by atoms with Crippen molar-refractivity contribution in [1.29, 1.82) is 0 Å². The topological polar surface area (TPSA) is 73.6 Å². The maximum absolute atomic E-state index is 12.4. The molecule has 1 atom stereocenters. The molecule has 0 aliphatic carbocycles. The van der Waals surface area contributed by atoms with Gasteiger partial charge in [-0.05, 0) is 48.7 Å². The highest BCUT2D eigenvalue weighted by Crippen LogP contribution is 2.25. The molecule has 0 aliphatic heterocycles. The standard InChI is InChI=1S/C21H24N2O4/c1-14(2)12-18(21-23-17-6-4-5-7-19(17)27-21)22-20(24)13-26-16-10-8-15(25-3)9-11-16/h4-11,14,18H,12-13H2,1-3H3,(H,22,24)/t18-/m0/s1. The first kappa shape index (κ1) is 18.8. The van der Waals surface area contributed by atoms with Gasteiger partial charge in [-0.3, -0.25) is 4.79 Å². The van der Waals surface area contributed by atoms with Crippen LogP contribution in [0.4, 0.5) is 0 Å². The van der Waals surface area contributed by atoms with Crippen molar-refractivity contribution in [3.05, 3.63) is 54.4 Å². The molecule has 3 aromatic rings. The SMILES string of the molecule is COc1ccc(OCC(=O)N[C@@H](CC(C)C)c2nc3ccccc3o2)cc1. The molecule has 0 fully saturated rings. The Morgan fingerprint density at radius 2 is 1.81 bits per heavy atom. The van der Waals surface area contributed by atoms with E-state index in [1.165, 1.54) is 0 Å². The molecule has 0 unspecified atom stereocenters. The molecule has 142 valence electrons. The minimum atomic E-state index is -0.302. The van der Waals surface area contributed by atoms with Crippen LogP contribution < -0.4 is 14.8 Å². The van der Waals surface area contributed by atoms with Gasteiger partial charge in [-0.15, -0.1) is 0 Å². The highest BCUT2D eigenvalue weighted by atomic mass is 16.5. The summed E-state index contributed by atoms with van der Waals surface area (Å²) in [6, 6.07) is 14.4. The van der Waals surface area contributed by atoms with Gasteiger partial charge in [0.1, 0.15) is 23.1 Å². The smallest absolute Gasteiger partial charge is 0.258 e. The monoisotopic (exact) mass is 368 g/mol. The number of ether oxygens (including phenoxy) is 2. The summed E-state index contributed by atoms with van der Waals surface area (Å²) in [4.78, 5) is 16.9. The molecule has 2 aromatic carbocycles. The number of carbonyl (C=O) groups is 1. The second-order valence-electron chi connectivity index (χ2n) is 6.73. The number of amides is 1. The zero-order valence-corrected chi connectivity index (χ0v) is 15.8. The molecule has 0 saturated heterocycles. The fourth-order valence-electron chi connectivity index (χ4n) is 2.79. The Labute approximate surface area is 158 Å². The van der Waals surface area contributed by atoms with Crippen molar-refractivity contribution in [1.82, 2.24) is 10.3 Å². The molecule has 1 amide bonds. The van der Waals surface area contributed by atoms with E-state index in [4.69, 9.17) is 13.9 Å². The Hall–Kier alpha value is -3.02. The summed E-state index contributed by atoms with van der Waals surface area (Å²) in [5.74, 6) is 2.00. The summed E-state index contributed by atoms with van der Waals surface area (Å²) >= 11 is 0. The van der Waals surface area contributed by atoms with E-state index in [0.29, 0.717) is 23.1 Å². The molecule has 0 saturated carbocycles. The number of nitrogens with zero attached hydrogens (tertiary/aromatic N) is 1. The van der Waals surface area contributed by atoms with Crippen LogP contribution in [0, 0.1) is 5.92 Å².